The van der Waals surface area contributed by atoms with Gasteiger partial charge in [-0.25, -0.2) is 14.4 Å². The van der Waals surface area contributed by atoms with Crippen molar-refractivity contribution in [1.29, 1.82) is 0 Å². The number of aliphatic hydroxyl groups excluding tert-OH is 1. The zero-order valence-electron chi connectivity index (χ0n) is 28.8. The molecule has 2 fully saturated rings. The molecule has 0 radical (unpaired) electrons. The number of allylic oxidation sites excluding steroid dienone is 3. The van der Waals surface area contributed by atoms with Gasteiger partial charge in [-0.05, 0) is 39.2 Å². The number of rotatable bonds is 8. The maximum atomic E-state index is 13.7. The lowest BCUT2D eigenvalue weighted by Gasteiger charge is -2.49. The minimum atomic E-state index is -1.01. The number of cyclic esters (lactones) is 1. The lowest BCUT2D eigenvalue weighted by Crippen LogP contribution is -2.57. The van der Waals surface area contributed by atoms with Gasteiger partial charge in [0.15, 0.2) is 24.3 Å². The van der Waals surface area contributed by atoms with Crippen molar-refractivity contribution in [2.75, 3.05) is 7.11 Å². The van der Waals surface area contributed by atoms with Crippen LogP contribution in [0.25, 0.3) is 0 Å². The number of carbonyl (C=O) groups excluding carboxylic acids is 4. The summed E-state index contributed by atoms with van der Waals surface area (Å²) in [4.78, 5) is 51.4. The number of Topliss-reactive ketones (excluding diaryl/α,β-unsaturated/α-hetero) is 1. The van der Waals surface area contributed by atoms with Crippen LogP contribution in [0.2, 0.25) is 0 Å². The van der Waals surface area contributed by atoms with Crippen LogP contribution in [0.4, 0.5) is 0 Å². The van der Waals surface area contributed by atoms with Crippen LogP contribution in [-0.2, 0) is 44.6 Å². The topological polar surface area (TPSA) is 139 Å². The summed E-state index contributed by atoms with van der Waals surface area (Å²) in [7, 11) is 1.45. The van der Waals surface area contributed by atoms with Crippen molar-refractivity contribution in [3.63, 3.8) is 0 Å². The number of pyridine rings is 1. The van der Waals surface area contributed by atoms with Crippen LogP contribution in [0.15, 0.2) is 72.1 Å². The Bertz CT molecular complexity index is 1610. The third kappa shape index (κ3) is 6.32. The van der Waals surface area contributed by atoms with E-state index in [0.29, 0.717) is 17.6 Å². The zero-order valence-corrected chi connectivity index (χ0v) is 28.8. The van der Waals surface area contributed by atoms with Gasteiger partial charge in [-0.1, -0.05) is 50.3 Å². The SMILES string of the molecule is CO[C@H]1C[C@H]2C=C[C@H]3[C@H]4O[C@]2(/C(C)=C/[C@@H](C)[C@@H]([C@@H](C)OC(=O)C[n+]2ccc(C(C)=O)cc2)OC1=O)[C@@H]3[C@H](O)[C@@H](C)[C@H]4OC(=O)C1=CC=CC1. The van der Waals surface area contributed by atoms with E-state index in [0.717, 1.165) is 5.57 Å². The van der Waals surface area contributed by atoms with Crippen LogP contribution in [0, 0.1) is 29.6 Å². The maximum Gasteiger partial charge on any atom is 0.373 e. The molecule has 1 aromatic heterocycles. The molecule has 3 heterocycles. The van der Waals surface area contributed by atoms with Gasteiger partial charge in [0.25, 0.3) is 0 Å². The Hall–Kier alpha value is -3.93. The second-order valence-corrected chi connectivity index (χ2v) is 14.1. The first-order chi connectivity index (χ1) is 23.3. The number of aromatic nitrogens is 1. The second-order valence-electron chi connectivity index (χ2n) is 14.1. The molecule has 6 rings (SSSR count). The van der Waals surface area contributed by atoms with Crippen LogP contribution < -0.4 is 4.57 Å². The Morgan fingerprint density at radius 1 is 1.16 bits per heavy atom. The van der Waals surface area contributed by atoms with Gasteiger partial charge in [-0.15, -0.1) is 0 Å². The van der Waals surface area contributed by atoms with Crippen molar-refractivity contribution in [1.82, 2.24) is 0 Å². The molecular formula is C38H46NO10+. The van der Waals surface area contributed by atoms with Crippen LogP contribution >= 0.6 is 0 Å². The van der Waals surface area contributed by atoms with E-state index in [2.05, 4.69) is 0 Å². The minimum absolute atomic E-state index is 0.0767. The molecule has 2 aliphatic heterocycles. The van der Waals surface area contributed by atoms with Gasteiger partial charge in [0.2, 0.25) is 6.54 Å². The van der Waals surface area contributed by atoms with E-state index >= 15 is 0 Å². The number of carbonyl (C=O) groups is 4. The average Bonchev–Trinajstić information content (AvgIpc) is 3.67. The smallest absolute Gasteiger partial charge is 0.373 e. The van der Waals surface area contributed by atoms with Crippen molar-refractivity contribution < 1.29 is 52.5 Å². The number of methoxy groups -OCH3 is 1. The van der Waals surface area contributed by atoms with E-state index in [1.807, 2.05) is 51.2 Å². The third-order valence-corrected chi connectivity index (χ3v) is 11.1. The quantitative estimate of drug-likeness (QED) is 0.143. The minimum Gasteiger partial charge on any atom is -0.456 e. The number of aliphatic hydroxyl groups is 1. The third-order valence-electron chi connectivity index (χ3n) is 11.1. The molecule has 262 valence electrons. The molecule has 11 heteroatoms. The Morgan fingerprint density at radius 2 is 1.90 bits per heavy atom. The molecule has 4 bridgehead atoms. The lowest BCUT2D eigenvalue weighted by molar-refractivity contribution is -0.686. The van der Waals surface area contributed by atoms with Gasteiger partial charge in [0, 0.05) is 60.0 Å². The number of ether oxygens (including phenoxy) is 5. The lowest BCUT2D eigenvalue weighted by atomic mass is 9.57. The molecule has 12 atom stereocenters. The summed E-state index contributed by atoms with van der Waals surface area (Å²) in [5.74, 6) is -3.38. The summed E-state index contributed by atoms with van der Waals surface area (Å²) in [5, 5.41) is 11.9. The Labute approximate surface area is 286 Å². The van der Waals surface area contributed by atoms with E-state index in [1.54, 1.807) is 42.1 Å². The molecule has 49 heavy (non-hydrogen) atoms. The highest BCUT2D eigenvalue weighted by molar-refractivity contribution is 5.93. The Balaban J connectivity index is 1.28. The fourth-order valence-electron chi connectivity index (χ4n) is 8.54. The summed E-state index contributed by atoms with van der Waals surface area (Å²) in [6.45, 7) is 8.81. The van der Waals surface area contributed by atoms with Gasteiger partial charge in [-0.2, -0.15) is 4.57 Å². The molecular weight excluding hydrogens is 630 g/mol. The van der Waals surface area contributed by atoms with Crippen LogP contribution in [0.3, 0.4) is 0 Å². The highest BCUT2D eigenvalue weighted by atomic mass is 16.6. The van der Waals surface area contributed by atoms with Crippen LogP contribution in [0.5, 0.6) is 0 Å². The van der Waals surface area contributed by atoms with E-state index in [-0.39, 0.29) is 36.5 Å². The van der Waals surface area contributed by atoms with Crippen LogP contribution in [-0.4, -0.2) is 78.1 Å². The number of ketones is 1. The zero-order chi connectivity index (χ0) is 35.2. The molecule has 0 unspecified atom stereocenters. The molecule has 1 aromatic rings. The van der Waals surface area contributed by atoms with Crippen molar-refractivity contribution >= 4 is 23.7 Å². The first-order valence-corrected chi connectivity index (χ1v) is 17.1. The number of hydrogen-bond acceptors (Lipinski definition) is 10. The first kappa shape index (κ1) is 34.9. The fourth-order valence-corrected chi connectivity index (χ4v) is 8.54. The van der Waals surface area contributed by atoms with Crippen molar-refractivity contribution in [2.24, 2.45) is 29.6 Å². The Kier molecular flexibility index (Phi) is 9.81. The van der Waals surface area contributed by atoms with Crippen molar-refractivity contribution in [3.05, 3.63) is 77.7 Å². The summed E-state index contributed by atoms with van der Waals surface area (Å²) in [6.07, 6.45) is 10.8. The normalized spacial score (nSPS) is 38.0. The van der Waals surface area contributed by atoms with Gasteiger partial charge < -0.3 is 28.8 Å². The Morgan fingerprint density at radius 3 is 2.55 bits per heavy atom. The summed E-state index contributed by atoms with van der Waals surface area (Å²) in [6, 6.07) is 3.27. The summed E-state index contributed by atoms with van der Waals surface area (Å²) < 4.78 is 32.3. The van der Waals surface area contributed by atoms with E-state index in [4.69, 9.17) is 23.7 Å². The predicted molar refractivity (Wildman–Crippen MR) is 175 cm³/mol. The van der Waals surface area contributed by atoms with Gasteiger partial charge in [0.05, 0.1) is 6.10 Å². The molecule has 3 aliphatic carbocycles. The molecule has 1 N–H and O–H groups in total. The molecule has 1 saturated heterocycles. The van der Waals surface area contributed by atoms with E-state index in [1.165, 1.54) is 14.0 Å². The number of nitrogens with zero attached hydrogens (tertiary/aromatic N) is 1. The van der Waals surface area contributed by atoms with Gasteiger partial charge in [-0.3, -0.25) is 4.79 Å². The van der Waals surface area contributed by atoms with Crippen LogP contribution in [0.1, 0.15) is 57.8 Å². The van der Waals surface area contributed by atoms with Gasteiger partial charge in [0.1, 0.15) is 30.0 Å². The average molecular weight is 677 g/mol. The molecule has 1 spiro atoms. The molecule has 0 amide bonds. The summed E-state index contributed by atoms with van der Waals surface area (Å²) in [5.41, 5.74) is 0.935. The second kappa shape index (κ2) is 13.8. The molecule has 11 nitrogen and oxygen atoms in total. The monoisotopic (exact) mass is 676 g/mol. The largest absolute Gasteiger partial charge is 0.456 e. The number of esters is 3. The van der Waals surface area contributed by atoms with E-state index in [9.17, 15) is 24.3 Å². The molecule has 5 aliphatic rings. The highest BCUT2D eigenvalue weighted by Gasteiger charge is 2.69. The fraction of sp³-hybridized carbons (Fsp3) is 0.553. The van der Waals surface area contributed by atoms with Gasteiger partial charge >= 0.3 is 17.9 Å². The number of hydrogen-bond donors (Lipinski definition) is 1. The molecule has 0 aromatic carbocycles. The standard InChI is InChI=1S/C38H46NO10/c1-20-17-21(2)38-27(11-12-28-31(38)32(42)22(3)34(35(28)49-38)48-36(43)26-9-7-8-10-26)18-29(45-6)37(44)47-33(20)24(5)46-30(41)19-39-15-13-25(14-16-39)23(4)40/h7-9,11-17,20,22,24,27-29,31-35,42H,10,18-19H2,1-6H3/q+1/b21-17+/t20-,22-,24-,27-,28-,29+,31+,32-,33+,34-,35-,38+/m1/s1. The predicted octanol–water partition coefficient (Wildman–Crippen LogP) is 3.39. The van der Waals surface area contributed by atoms with Crippen molar-refractivity contribution in [2.45, 2.75) is 96.2 Å². The molecule has 1 saturated carbocycles. The highest BCUT2D eigenvalue weighted by Crippen LogP contribution is 2.61. The van der Waals surface area contributed by atoms with E-state index < -0.39 is 72.0 Å². The summed E-state index contributed by atoms with van der Waals surface area (Å²) >= 11 is 0. The first-order valence-electron chi connectivity index (χ1n) is 17.1. The van der Waals surface area contributed by atoms with Crippen molar-refractivity contribution in [3.8, 4) is 0 Å². The maximum absolute atomic E-state index is 13.7.